The molecular formula is C23H30N4O2. The number of anilines is 1. The number of pyridine rings is 2. The molecule has 1 N–H and O–H groups in total. The van der Waals surface area contributed by atoms with Gasteiger partial charge in [0.1, 0.15) is 11.6 Å². The molecule has 0 saturated carbocycles. The molecule has 1 saturated heterocycles. The van der Waals surface area contributed by atoms with E-state index in [2.05, 4.69) is 29.1 Å². The number of ketones is 1. The molecule has 1 unspecified atom stereocenters. The van der Waals surface area contributed by atoms with Gasteiger partial charge in [0, 0.05) is 56.5 Å². The smallest absolute Gasteiger partial charge is 0.255 e. The molecule has 0 radical (unpaired) electrons. The van der Waals surface area contributed by atoms with Gasteiger partial charge in [0.25, 0.3) is 5.91 Å². The number of nitrogens with one attached hydrogen (secondary N) is 1. The molecule has 1 aliphatic heterocycles. The second-order valence-electron chi connectivity index (χ2n) is 8.08. The molecule has 6 nitrogen and oxygen atoms in total. The third-order valence-corrected chi connectivity index (χ3v) is 5.20. The van der Waals surface area contributed by atoms with Crippen molar-refractivity contribution in [2.45, 2.75) is 39.5 Å². The minimum absolute atomic E-state index is 0.0319. The lowest BCUT2D eigenvalue weighted by Crippen LogP contribution is -2.42. The Morgan fingerprint density at radius 2 is 2.07 bits per heavy atom. The van der Waals surface area contributed by atoms with Crippen molar-refractivity contribution in [2.24, 2.45) is 11.8 Å². The summed E-state index contributed by atoms with van der Waals surface area (Å²) < 4.78 is 0. The molecule has 0 bridgehead atoms. The fourth-order valence-electron chi connectivity index (χ4n) is 3.67. The average molecular weight is 395 g/mol. The summed E-state index contributed by atoms with van der Waals surface area (Å²) in [5.74, 6) is 1.30. The lowest BCUT2D eigenvalue weighted by Gasteiger charge is -2.32. The Morgan fingerprint density at radius 1 is 1.21 bits per heavy atom. The largest absolute Gasteiger partial charge is 0.370 e. The number of hydrogen-bond acceptors (Lipinski definition) is 5. The summed E-state index contributed by atoms with van der Waals surface area (Å²) in [6, 6.07) is 9.51. The van der Waals surface area contributed by atoms with Crippen LogP contribution >= 0.6 is 0 Å². The van der Waals surface area contributed by atoms with Gasteiger partial charge in [-0.2, -0.15) is 0 Å². The third-order valence-electron chi connectivity index (χ3n) is 5.20. The quantitative estimate of drug-likeness (QED) is 0.740. The number of carbonyl (C=O) groups excluding carboxylic acids is 2. The summed E-state index contributed by atoms with van der Waals surface area (Å²) in [7, 11) is 0. The Kier molecular flexibility index (Phi) is 7.33. The number of carbonyl (C=O) groups is 2. The van der Waals surface area contributed by atoms with Gasteiger partial charge in [0.2, 0.25) is 0 Å². The van der Waals surface area contributed by atoms with E-state index in [0.717, 1.165) is 37.3 Å². The van der Waals surface area contributed by atoms with Crippen LogP contribution in [0.3, 0.4) is 0 Å². The van der Waals surface area contributed by atoms with Crippen molar-refractivity contribution >= 4 is 17.5 Å². The topological polar surface area (TPSA) is 75.2 Å². The van der Waals surface area contributed by atoms with Gasteiger partial charge in [-0.15, -0.1) is 0 Å². The van der Waals surface area contributed by atoms with Gasteiger partial charge in [-0.05, 0) is 43.0 Å². The Labute approximate surface area is 172 Å². The van der Waals surface area contributed by atoms with Gasteiger partial charge < -0.3 is 10.2 Å². The molecule has 3 rings (SSSR count). The number of rotatable bonds is 8. The van der Waals surface area contributed by atoms with E-state index >= 15 is 0 Å². The van der Waals surface area contributed by atoms with E-state index in [1.165, 1.54) is 0 Å². The molecule has 0 aromatic carbocycles. The number of piperidine rings is 1. The van der Waals surface area contributed by atoms with Gasteiger partial charge in [-0.3, -0.25) is 14.6 Å². The van der Waals surface area contributed by atoms with Gasteiger partial charge in [0.05, 0.1) is 5.56 Å². The molecule has 0 aliphatic carbocycles. The number of aromatic nitrogens is 2. The predicted octanol–water partition coefficient (Wildman–Crippen LogP) is 3.60. The van der Waals surface area contributed by atoms with Crippen LogP contribution in [0.25, 0.3) is 0 Å². The molecule has 1 fully saturated rings. The average Bonchev–Trinajstić information content (AvgIpc) is 2.74. The van der Waals surface area contributed by atoms with Gasteiger partial charge in [-0.25, -0.2) is 4.98 Å². The number of nitrogens with zero attached hydrogens (tertiary/aromatic N) is 3. The van der Waals surface area contributed by atoms with Crippen molar-refractivity contribution < 1.29 is 9.59 Å². The highest BCUT2D eigenvalue weighted by molar-refractivity contribution is 5.94. The first-order valence-corrected chi connectivity index (χ1v) is 10.4. The van der Waals surface area contributed by atoms with E-state index in [9.17, 15) is 9.59 Å². The standard InChI is InChI=1S/C23H30N4O2/c1-17(2)14-21(28)19-6-5-13-27(16-19)23(29)18-8-9-22(26-15-18)25-12-10-20-7-3-4-11-24-20/h3-4,7-9,11,15,17,19H,5-6,10,12-14,16H2,1-2H3,(H,25,26). The van der Waals surface area contributed by atoms with E-state index in [4.69, 9.17) is 0 Å². The van der Waals surface area contributed by atoms with Crippen LogP contribution in [-0.2, 0) is 11.2 Å². The molecular weight excluding hydrogens is 364 g/mol. The molecule has 29 heavy (non-hydrogen) atoms. The highest BCUT2D eigenvalue weighted by Gasteiger charge is 2.29. The summed E-state index contributed by atoms with van der Waals surface area (Å²) in [4.78, 5) is 35.7. The van der Waals surface area contributed by atoms with Crippen LogP contribution in [0.5, 0.6) is 0 Å². The lowest BCUT2D eigenvalue weighted by atomic mass is 9.89. The summed E-state index contributed by atoms with van der Waals surface area (Å²) in [5, 5.41) is 3.26. The van der Waals surface area contributed by atoms with Crippen molar-refractivity contribution in [1.29, 1.82) is 0 Å². The van der Waals surface area contributed by atoms with Crippen LogP contribution in [0, 0.1) is 11.8 Å². The molecule has 1 atom stereocenters. The van der Waals surface area contributed by atoms with Crippen molar-refractivity contribution in [3.63, 3.8) is 0 Å². The van der Waals surface area contributed by atoms with E-state index in [0.29, 0.717) is 31.0 Å². The summed E-state index contributed by atoms with van der Waals surface area (Å²) >= 11 is 0. The Morgan fingerprint density at radius 3 is 2.76 bits per heavy atom. The minimum Gasteiger partial charge on any atom is -0.370 e. The SMILES string of the molecule is CC(C)CC(=O)C1CCCN(C(=O)c2ccc(NCCc3ccccn3)nc2)C1. The summed E-state index contributed by atoms with van der Waals surface area (Å²) in [6.07, 6.45) is 6.56. The number of hydrogen-bond donors (Lipinski definition) is 1. The zero-order valence-corrected chi connectivity index (χ0v) is 17.3. The summed E-state index contributed by atoms with van der Waals surface area (Å²) in [6.45, 7) is 6.06. The van der Waals surface area contributed by atoms with E-state index < -0.39 is 0 Å². The predicted molar refractivity (Wildman–Crippen MR) is 114 cm³/mol. The molecule has 2 aromatic heterocycles. The Hall–Kier alpha value is -2.76. The second-order valence-corrected chi connectivity index (χ2v) is 8.08. The van der Waals surface area contributed by atoms with Crippen molar-refractivity contribution in [1.82, 2.24) is 14.9 Å². The summed E-state index contributed by atoms with van der Waals surface area (Å²) in [5.41, 5.74) is 1.59. The molecule has 3 heterocycles. The molecule has 1 amide bonds. The monoisotopic (exact) mass is 394 g/mol. The lowest BCUT2D eigenvalue weighted by molar-refractivity contribution is -0.124. The zero-order chi connectivity index (χ0) is 20.6. The number of likely N-dealkylation sites (tertiary alicyclic amines) is 1. The maximum Gasteiger partial charge on any atom is 0.255 e. The minimum atomic E-state index is -0.0421. The Balaban J connectivity index is 1.52. The van der Waals surface area contributed by atoms with Crippen LogP contribution in [0.15, 0.2) is 42.7 Å². The molecule has 6 heteroatoms. The van der Waals surface area contributed by atoms with E-state index in [1.807, 2.05) is 24.3 Å². The number of Topliss-reactive ketones (excluding diaryl/α,β-unsaturated/α-hetero) is 1. The molecule has 154 valence electrons. The van der Waals surface area contributed by atoms with Gasteiger partial charge in [0.15, 0.2) is 0 Å². The Bertz CT molecular complexity index is 805. The molecule has 2 aromatic rings. The van der Waals surface area contributed by atoms with Crippen LogP contribution in [0.2, 0.25) is 0 Å². The maximum absolute atomic E-state index is 12.8. The normalized spacial score (nSPS) is 16.7. The fourth-order valence-corrected chi connectivity index (χ4v) is 3.67. The zero-order valence-electron chi connectivity index (χ0n) is 17.3. The maximum atomic E-state index is 12.8. The molecule has 0 spiro atoms. The first-order chi connectivity index (χ1) is 14.0. The first-order valence-electron chi connectivity index (χ1n) is 10.4. The van der Waals surface area contributed by atoms with Crippen molar-refractivity contribution in [3.8, 4) is 0 Å². The second kappa shape index (κ2) is 10.1. The van der Waals surface area contributed by atoms with E-state index in [1.54, 1.807) is 23.4 Å². The fraction of sp³-hybridized carbons (Fsp3) is 0.478. The van der Waals surface area contributed by atoms with Crippen molar-refractivity contribution in [3.05, 3.63) is 54.0 Å². The molecule has 1 aliphatic rings. The van der Waals surface area contributed by atoms with Crippen LogP contribution in [-0.4, -0.2) is 46.2 Å². The van der Waals surface area contributed by atoms with Gasteiger partial charge >= 0.3 is 0 Å². The van der Waals surface area contributed by atoms with Crippen molar-refractivity contribution in [2.75, 3.05) is 25.0 Å². The van der Waals surface area contributed by atoms with Crippen LogP contribution in [0.4, 0.5) is 5.82 Å². The highest BCUT2D eigenvalue weighted by Crippen LogP contribution is 2.22. The van der Waals surface area contributed by atoms with Gasteiger partial charge in [-0.1, -0.05) is 19.9 Å². The van der Waals surface area contributed by atoms with E-state index in [-0.39, 0.29) is 17.6 Å². The number of amides is 1. The highest BCUT2D eigenvalue weighted by atomic mass is 16.2. The van der Waals surface area contributed by atoms with Crippen LogP contribution < -0.4 is 5.32 Å². The first kappa shape index (κ1) is 21.0. The van der Waals surface area contributed by atoms with Crippen LogP contribution in [0.1, 0.15) is 49.2 Å². The third kappa shape index (κ3) is 6.11.